The maximum absolute atomic E-state index is 10.9. The zero-order valence-corrected chi connectivity index (χ0v) is 25.7. The molecule has 5 aromatic rings. The normalized spacial score (nSPS) is 12.5. The summed E-state index contributed by atoms with van der Waals surface area (Å²) in [5.41, 5.74) is 5.45. The highest BCUT2D eigenvalue weighted by atomic mass is 16.4. The predicted octanol–water partition coefficient (Wildman–Crippen LogP) is 9.43. The van der Waals surface area contributed by atoms with Gasteiger partial charge in [0.05, 0.1) is 0 Å². The predicted molar refractivity (Wildman–Crippen MR) is 179 cm³/mol. The van der Waals surface area contributed by atoms with Crippen LogP contribution >= 0.6 is 0 Å². The molecule has 41 heavy (non-hydrogen) atoms. The molecule has 212 valence electrons. The Morgan fingerprint density at radius 1 is 0.585 bits per heavy atom. The van der Waals surface area contributed by atoms with E-state index in [1.54, 1.807) is 0 Å². The molecule has 0 spiro atoms. The first-order chi connectivity index (χ1) is 19.6. The van der Waals surface area contributed by atoms with Gasteiger partial charge in [-0.2, -0.15) is 0 Å². The van der Waals surface area contributed by atoms with Crippen LogP contribution in [0.5, 0.6) is 0 Å². The van der Waals surface area contributed by atoms with E-state index in [1.807, 2.05) is 0 Å². The molecular weight excluding hydrogens is 499 g/mol. The maximum atomic E-state index is 10.9. The van der Waals surface area contributed by atoms with Gasteiger partial charge in [0.1, 0.15) is 0 Å². The van der Waals surface area contributed by atoms with Crippen LogP contribution in [-0.2, 0) is 10.8 Å². The van der Waals surface area contributed by atoms with Gasteiger partial charge in [0.2, 0.25) is 0 Å². The first kappa shape index (κ1) is 29.4. The second-order valence-electron chi connectivity index (χ2n) is 13.2. The first-order valence-electron chi connectivity index (χ1n) is 15.5. The fourth-order valence-corrected chi connectivity index (χ4v) is 6.56. The summed E-state index contributed by atoms with van der Waals surface area (Å²) in [4.78, 5) is 0. The highest BCUT2D eigenvalue weighted by Crippen LogP contribution is 2.41. The summed E-state index contributed by atoms with van der Waals surface area (Å²) < 4.78 is 0. The Morgan fingerprint density at radius 3 is 1.73 bits per heavy atom. The van der Waals surface area contributed by atoms with Crippen molar-refractivity contribution < 1.29 is 10.0 Å². The van der Waals surface area contributed by atoms with Crippen LogP contribution in [0.25, 0.3) is 43.4 Å². The molecule has 0 saturated carbocycles. The minimum absolute atomic E-state index is 0.00684. The highest BCUT2D eigenvalue weighted by Gasteiger charge is 2.28. The van der Waals surface area contributed by atoms with Gasteiger partial charge in [-0.05, 0) is 95.8 Å². The molecule has 0 atom stereocenters. The van der Waals surface area contributed by atoms with E-state index in [9.17, 15) is 10.0 Å². The van der Waals surface area contributed by atoms with Crippen molar-refractivity contribution in [2.75, 3.05) is 0 Å². The average Bonchev–Trinajstić information content (AvgIpc) is 2.96. The second kappa shape index (κ2) is 11.6. The van der Waals surface area contributed by atoms with Crippen molar-refractivity contribution in [2.45, 2.75) is 90.9 Å². The molecule has 2 N–H and O–H groups in total. The van der Waals surface area contributed by atoms with E-state index >= 15 is 0 Å². The van der Waals surface area contributed by atoms with Crippen molar-refractivity contribution in [1.29, 1.82) is 0 Å². The van der Waals surface area contributed by atoms with Crippen molar-refractivity contribution in [3.63, 3.8) is 0 Å². The number of rotatable bonds is 10. The summed E-state index contributed by atoms with van der Waals surface area (Å²) in [6, 6.07) is 28.6. The topological polar surface area (TPSA) is 40.5 Å². The molecule has 0 fully saturated rings. The Hall–Kier alpha value is -3.14. The molecule has 0 aliphatic carbocycles. The molecule has 5 rings (SSSR count). The fourth-order valence-electron chi connectivity index (χ4n) is 6.56. The van der Waals surface area contributed by atoms with Crippen molar-refractivity contribution in [2.24, 2.45) is 0 Å². The molecule has 0 bridgehead atoms. The standard InChI is InChI=1S/C38H45BO2/c1-7-9-21-37(3,4)29-18-20-32-33(24-29)35(28-16-15-26-13-11-12-14-27(26)23-28)31-19-17-30(38(5,6)22-10-8-2)25-34(31)36(32)39(40)41/h11-20,23-25,40-41H,7-10,21-22H2,1-6H3. The third-order valence-electron chi connectivity index (χ3n) is 9.33. The van der Waals surface area contributed by atoms with Gasteiger partial charge in [-0.1, -0.05) is 134 Å². The van der Waals surface area contributed by atoms with Crippen LogP contribution < -0.4 is 5.46 Å². The molecule has 0 aliphatic heterocycles. The number of fused-ring (bicyclic) bond motifs is 3. The monoisotopic (exact) mass is 544 g/mol. The van der Waals surface area contributed by atoms with Crippen LogP contribution in [0.4, 0.5) is 0 Å². The Kier molecular flexibility index (Phi) is 8.33. The Balaban J connectivity index is 1.87. The number of hydrogen-bond donors (Lipinski definition) is 2. The van der Waals surface area contributed by atoms with Crippen LogP contribution in [0.2, 0.25) is 0 Å². The van der Waals surface area contributed by atoms with E-state index < -0.39 is 7.12 Å². The lowest BCUT2D eigenvalue weighted by Crippen LogP contribution is -2.32. The number of unbranched alkanes of at least 4 members (excludes halogenated alkanes) is 2. The molecule has 3 heteroatoms. The van der Waals surface area contributed by atoms with Crippen molar-refractivity contribution in [3.8, 4) is 11.1 Å². The third-order valence-corrected chi connectivity index (χ3v) is 9.33. The Morgan fingerprint density at radius 2 is 1.15 bits per heavy atom. The van der Waals surface area contributed by atoms with Crippen molar-refractivity contribution in [3.05, 3.63) is 90.0 Å². The summed E-state index contributed by atoms with van der Waals surface area (Å²) in [7, 11) is -1.57. The quantitative estimate of drug-likeness (QED) is 0.136. The minimum Gasteiger partial charge on any atom is -0.423 e. The lowest BCUT2D eigenvalue weighted by Gasteiger charge is -2.28. The van der Waals surface area contributed by atoms with Gasteiger partial charge in [-0.3, -0.25) is 0 Å². The average molecular weight is 545 g/mol. The molecule has 0 saturated heterocycles. The van der Waals surface area contributed by atoms with Gasteiger partial charge in [0.25, 0.3) is 0 Å². The number of hydrogen-bond acceptors (Lipinski definition) is 2. The molecule has 0 aromatic heterocycles. The largest absolute Gasteiger partial charge is 0.489 e. The van der Waals surface area contributed by atoms with Crippen LogP contribution in [0.15, 0.2) is 78.9 Å². The summed E-state index contributed by atoms with van der Waals surface area (Å²) >= 11 is 0. The zero-order chi connectivity index (χ0) is 29.4. The van der Waals surface area contributed by atoms with Gasteiger partial charge < -0.3 is 10.0 Å². The maximum Gasteiger partial charge on any atom is 0.489 e. The van der Waals surface area contributed by atoms with E-state index in [4.69, 9.17) is 0 Å². The fraction of sp³-hybridized carbons (Fsp3) is 0.368. The molecule has 5 aromatic carbocycles. The molecule has 0 unspecified atom stereocenters. The number of benzene rings is 5. The van der Waals surface area contributed by atoms with Gasteiger partial charge >= 0.3 is 7.12 Å². The first-order valence-corrected chi connectivity index (χ1v) is 15.5. The van der Waals surface area contributed by atoms with Gasteiger partial charge in [-0.25, -0.2) is 0 Å². The van der Waals surface area contributed by atoms with Crippen LogP contribution in [0.3, 0.4) is 0 Å². The van der Waals surface area contributed by atoms with Crippen LogP contribution in [0, 0.1) is 0 Å². The summed E-state index contributed by atoms with van der Waals surface area (Å²) in [5.74, 6) is 0. The molecule has 0 radical (unpaired) electrons. The zero-order valence-electron chi connectivity index (χ0n) is 25.7. The SMILES string of the molecule is CCCCC(C)(C)c1ccc2c(-c3ccc4ccccc4c3)c3cc(C(C)(C)CCCC)ccc3c(B(O)O)c2c1. The lowest BCUT2D eigenvalue weighted by molar-refractivity contribution is 0.426. The minimum atomic E-state index is -1.57. The summed E-state index contributed by atoms with van der Waals surface area (Å²) in [6.07, 6.45) is 6.87. The molecular formula is C38H45BO2. The van der Waals surface area contributed by atoms with Gasteiger partial charge in [0.15, 0.2) is 0 Å². The Bertz CT molecular complexity index is 1700. The molecule has 0 heterocycles. The van der Waals surface area contributed by atoms with Crippen LogP contribution in [-0.4, -0.2) is 17.2 Å². The molecule has 0 amide bonds. The van der Waals surface area contributed by atoms with Crippen molar-refractivity contribution in [1.82, 2.24) is 0 Å². The van der Waals surface area contributed by atoms with Gasteiger partial charge in [-0.15, -0.1) is 0 Å². The van der Waals surface area contributed by atoms with E-state index in [-0.39, 0.29) is 10.8 Å². The van der Waals surface area contributed by atoms with E-state index in [1.165, 1.54) is 34.7 Å². The summed E-state index contributed by atoms with van der Waals surface area (Å²) in [6.45, 7) is 13.7. The van der Waals surface area contributed by atoms with Crippen molar-refractivity contribution >= 4 is 44.9 Å². The van der Waals surface area contributed by atoms with E-state index in [0.29, 0.717) is 5.46 Å². The van der Waals surface area contributed by atoms with E-state index in [2.05, 4.69) is 120 Å². The van der Waals surface area contributed by atoms with E-state index in [0.717, 1.165) is 58.4 Å². The second-order valence-corrected chi connectivity index (χ2v) is 13.2. The van der Waals surface area contributed by atoms with Crippen LogP contribution in [0.1, 0.15) is 91.2 Å². The highest BCUT2D eigenvalue weighted by molar-refractivity contribution is 6.66. The lowest BCUT2D eigenvalue weighted by atomic mass is 9.70. The summed E-state index contributed by atoms with van der Waals surface area (Å²) in [5, 5.41) is 28.1. The molecule has 2 nitrogen and oxygen atoms in total. The smallest absolute Gasteiger partial charge is 0.423 e. The third kappa shape index (κ3) is 5.67. The molecule has 0 aliphatic rings. The Labute approximate surface area is 246 Å². The van der Waals surface area contributed by atoms with Gasteiger partial charge in [0, 0.05) is 0 Å².